The Bertz CT molecular complexity index is 702. The number of fused-ring (bicyclic) bond motifs is 1. The first kappa shape index (κ1) is 15.4. The summed E-state index contributed by atoms with van der Waals surface area (Å²) in [6.45, 7) is 4.96. The van der Waals surface area contributed by atoms with Crippen molar-refractivity contribution in [3.8, 4) is 0 Å². The molecule has 124 valence electrons. The van der Waals surface area contributed by atoms with E-state index in [1.807, 2.05) is 12.1 Å². The lowest BCUT2D eigenvalue weighted by Gasteiger charge is -2.45. The number of anilines is 1. The lowest BCUT2D eigenvalue weighted by atomic mass is 9.88. The van der Waals surface area contributed by atoms with E-state index in [-0.39, 0.29) is 5.54 Å². The second-order valence-corrected chi connectivity index (χ2v) is 7.64. The SMILES string of the molecule is Nc1nc2ccc(Br)cc2n1CC1(N2CCCC2)CCOCC1. The van der Waals surface area contributed by atoms with Crippen LogP contribution in [0.25, 0.3) is 11.0 Å². The van der Waals surface area contributed by atoms with Gasteiger partial charge < -0.3 is 15.0 Å². The average molecular weight is 379 g/mol. The van der Waals surface area contributed by atoms with Gasteiger partial charge in [0.25, 0.3) is 0 Å². The Balaban J connectivity index is 1.74. The number of likely N-dealkylation sites (tertiary alicyclic amines) is 1. The largest absolute Gasteiger partial charge is 0.381 e. The summed E-state index contributed by atoms with van der Waals surface area (Å²) >= 11 is 3.57. The number of nitrogen functional groups attached to an aromatic ring is 1. The first-order chi connectivity index (χ1) is 11.2. The summed E-state index contributed by atoms with van der Waals surface area (Å²) in [5.41, 5.74) is 8.50. The van der Waals surface area contributed by atoms with Crippen molar-refractivity contribution in [3.63, 3.8) is 0 Å². The highest BCUT2D eigenvalue weighted by Crippen LogP contribution is 2.35. The highest BCUT2D eigenvalue weighted by atomic mass is 79.9. The van der Waals surface area contributed by atoms with Gasteiger partial charge in [0.2, 0.25) is 5.95 Å². The molecule has 2 aliphatic heterocycles. The minimum Gasteiger partial charge on any atom is -0.381 e. The summed E-state index contributed by atoms with van der Waals surface area (Å²) < 4.78 is 8.91. The van der Waals surface area contributed by atoms with Gasteiger partial charge in [0.05, 0.1) is 11.0 Å². The summed E-state index contributed by atoms with van der Waals surface area (Å²) in [5.74, 6) is 0.614. The number of ether oxygens (including phenoxy) is 1. The molecule has 0 amide bonds. The molecule has 6 heteroatoms. The molecular weight excluding hydrogens is 356 g/mol. The molecule has 1 aromatic carbocycles. The molecular formula is C17H23BrN4O. The fraction of sp³-hybridized carbons (Fsp3) is 0.588. The molecule has 2 N–H and O–H groups in total. The van der Waals surface area contributed by atoms with Crippen LogP contribution in [0.2, 0.25) is 0 Å². The third-order valence-electron chi connectivity index (χ3n) is 5.39. The van der Waals surface area contributed by atoms with Crippen molar-refractivity contribution >= 4 is 32.9 Å². The molecule has 2 aliphatic rings. The Morgan fingerprint density at radius 1 is 1.22 bits per heavy atom. The van der Waals surface area contributed by atoms with E-state index in [4.69, 9.17) is 10.5 Å². The van der Waals surface area contributed by atoms with Crippen molar-refractivity contribution in [1.82, 2.24) is 14.5 Å². The lowest BCUT2D eigenvalue weighted by Crippen LogP contribution is -2.53. The normalized spacial score (nSPS) is 22.0. The number of halogens is 1. The molecule has 2 aromatic rings. The number of hydrogen-bond acceptors (Lipinski definition) is 4. The van der Waals surface area contributed by atoms with E-state index in [0.717, 1.165) is 48.1 Å². The summed E-state index contributed by atoms with van der Waals surface area (Å²) in [4.78, 5) is 7.21. The Kier molecular flexibility index (Phi) is 4.07. The van der Waals surface area contributed by atoms with Crippen LogP contribution in [0.4, 0.5) is 5.95 Å². The van der Waals surface area contributed by atoms with Gasteiger partial charge in [-0.3, -0.25) is 4.90 Å². The van der Waals surface area contributed by atoms with E-state index in [2.05, 4.69) is 36.4 Å². The molecule has 0 radical (unpaired) electrons. The number of nitrogens with two attached hydrogens (primary N) is 1. The fourth-order valence-corrected chi connectivity index (χ4v) is 4.44. The van der Waals surface area contributed by atoms with Crippen molar-refractivity contribution < 1.29 is 4.74 Å². The van der Waals surface area contributed by atoms with Crippen molar-refractivity contribution in [3.05, 3.63) is 22.7 Å². The van der Waals surface area contributed by atoms with Gasteiger partial charge in [0, 0.05) is 29.8 Å². The maximum Gasteiger partial charge on any atom is 0.201 e. The smallest absolute Gasteiger partial charge is 0.201 e. The van der Waals surface area contributed by atoms with Crippen LogP contribution in [0, 0.1) is 0 Å². The summed E-state index contributed by atoms with van der Waals surface area (Å²) in [5, 5.41) is 0. The zero-order valence-electron chi connectivity index (χ0n) is 13.3. The quantitative estimate of drug-likeness (QED) is 0.891. The Labute approximate surface area is 144 Å². The number of imidazole rings is 1. The number of aromatic nitrogens is 2. The van der Waals surface area contributed by atoms with Crippen LogP contribution < -0.4 is 5.73 Å². The first-order valence-electron chi connectivity index (χ1n) is 8.42. The number of rotatable bonds is 3. The van der Waals surface area contributed by atoms with Crippen LogP contribution in [0.3, 0.4) is 0 Å². The zero-order chi connectivity index (χ0) is 15.9. The fourth-order valence-electron chi connectivity index (χ4n) is 4.09. The van der Waals surface area contributed by atoms with Gasteiger partial charge in [-0.05, 0) is 57.0 Å². The maximum absolute atomic E-state index is 6.26. The Morgan fingerprint density at radius 3 is 2.70 bits per heavy atom. The average Bonchev–Trinajstić information content (AvgIpc) is 3.19. The van der Waals surface area contributed by atoms with Crippen LogP contribution in [-0.4, -0.2) is 46.3 Å². The number of hydrogen-bond donors (Lipinski definition) is 1. The molecule has 1 aromatic heterocycles. The van der Waals surface area contributed by atoms with Crippen LogP contribution in [0.15, 0.2) is 22.7 Å². The summed E-state index contributed by atoms with van der Waals surface area (Å²) in [6.07, 6.45) is 4.74. The molecule has 0 saturated carbocycles. The highest BCUT2D eigenvalue weighted by Gasteiger charge is 2.40. The van der Waals surface area contributed by atoms with Gasteiger partial charge in [0.15, 0.2) is 0 Å². The highest BCUT2D eigenvalue weighted by molar-refractivity contribution is 9.10. The molecule has 0 bridgehead atoms. The summed E-state index contributed by atoms with van der Waals surface area (Å²) in [7, 11) is 0. The van der Waals surface area contributed by atoms with Crippen LogP contribution >= 0.6 is 15.9 Å². The van der Waals surface area contributed by atoms with E-state index in [9.17, 15) is 0 Å². The maximum atomic E-state index is 6.26. The van der Waals surface area contributed by atoms with E-state index < -0.39 is 0 Å². The topological polar surface area (TPSA) is 56.3 Å². The minimum absolute atomic E-state index is 0.152. The zero-order valence-corrected chi connectivity index (χ0v) is 14.9. The van der Waals surface area contributed by atoms with Gasteiger partial charge in [-0.15, -0.1) is 0 Å². The van der Waals surface area contributed by atoms with E-state index in [1.54, 1.807) is 0 Å². The minimum atomic E-state index is 0.152. The van der Waals surface area contributed by atoms with Crippen LogP contribution in [0.5, 0.6) is 0 Å². The van der Waals surface area contributed by atoms with Crippen molar-refractivity contribution in [2.45, 2.75) is 37.8 Å². The number of nitrogens with zero attached hydrogens (tertiary/aromatic N) is 3. The number of benzene rings is 1. The molecule has 4 rings (SSSR count). The first-order valence-corrected chi connectivity index (χ1v) is 9.21. The molecule has 3 heterocycles. The molecule has 2 fully saturated rings. The van der Waals surface area contributed by atoms with Gasteiger partial charge in [-0.1, -0.05) is 15.9 Å². The summed E-state index contributed by atoms with van der Waals surface area (Å²) in [6, 6.07) is 6.16. The second-order valence-electron chi connectivity index (χ2n) is 6.72. The molecule has 23 heavy (non-hydrogen) atoms. The standard InChI is InChI=1S/C17H23BrN4O/c18-13-3-4-14-15(11-13)22(16(19)20-14)12-17(5-9-23-10-6-17)21-7-1-2-8-21/h3-4,11H,1-2,5-10,12H2,(H2,19,20). The van der Waals surface area contributed by atoms with Gasteiger partial charge in [-0.25, -0.2) is 4.98 Å². The second kappa shape index (κ2) is 6.07. The van der Waals surface area contributed by atoms with Crippen LogP contribution in [-0.2, 0) is 11.3 Å². The van der Waals surface area contributed by atoms with E-state index >= 15 is 0 Å². The molecule has 0 unspecified atom stereocenters. The van der Waals surface area contributed by atoms with Crippen molar-refractivity contribution in [2.75, 3.05) is 32.0 Å². The van der Waals surface area contributed by atoms with Crippen LogP contribution in [0.1, 0.15) is 25.7 Å². The Morgan fingerprint density at radius 2 is 1.96 bits per heavy atom. The van der Waals surface area contributed by atoms with Gasteiger partial charge >= 0.3 is 0 Å². The molecule has 0 spiro atoms. The lowest BCUT2D eigenvalue weighted by molar-refractivity contribution is -0.0273. The van der Waals surface area contributed by atoms with Crippen molar-refractivity contribution in [1.29, 1.82) is 0 Å². The third kappa shape index (κ3) is 2.77. The van der Waals surface area contributed by atoms with Gasteiger partial charge in [0.1, 0.15) is 0 Å². The van der Waals surface area contributed by atoms with Gasteiger partial charge in [-0.2, -0.15) is 0 Å². The molecule has 2 saturated heterocycles. The van der Waals surface area contributed by atoms with E-state index in [1.165, 1.54) is 25.9 Å². The molecule has 5 nitrogen and oxygen atoms in total. The monoisotopic (exact) mass is 378 g/mol. The predicted octanol–water partition coefficient (Wildman–Crippen LogP) is 3.03. The molecule has 0 atom stereocenters. The Hall–Kier alpha value is -1.11. The predicted molar refractivity (Wildman–Crippen MR) is 95.4 cm³/mol. The third-order valence-corrected chi connectivity index (χ3v) is 5.89. The van der Waals surface area contributed by atoms with E-state index in [0.29, 0.717) is 5.95 Å². The van der Waals surface area contributed by atoms with Crippen molar-refractivity contribution in [2.24, 2.45) is 0 Å². The molecule has 0 aliphatic carbocycles.